The number of Topliss-reactive ketones (excluding diaryl/α,β-unsaturated/α-hetero) is 1. The molecule has 140 valence electrons. The molecule has 0 spiro atoms. The monoisotopic (exact) mass is 429 g/mol. The Hall–Kier alpha value is -2.44. The van der Waals surface area contributed by atoms with Gasteiger partial charge in [0.25, 0.3) is 11.7 Å². The number of ketones is 1. The normalized spacial score (nSPS) is 18.9. The maximum Gasteiger partial charge on any atom is 0.295 e. The molecule has 0 radical (unpaired) electrons. The summed E-state index contributed by atoms with van der Waals surface area (Å²) in [6.45, 7) is 0.841. The molecule has 1 saturated heterocycles. The highest BCUT2D eigenvalue weighted by atomic mass is 79.9. The highest BCUT2D eigenvalue weighted by Crippen LogP contribution is 2.39. The van der Waals surface area contributed by atoms with Crippen LogP contribution in [0.3, 0.4) is 0 Å². The van der Waals surface area contributed by atoms with Crippen LogP contribution in [0, 0.1) is 0 Å². The fraction of sp³-hybridized carbons (Fsp3) is 0.238. The van der Waals surface area contributed by atoms with Gasteiger partial charge in [0.2, 0.25) is 0 Å². The SMILES string of the molecule is COCCCN1C(=O)C(=O)/C(=C(\O)c2ccccc2)C1c1cccc(Br)c1. The second-order valence-corrected chi connectivity index (χ2v) is 7.18. The second-order valence-electron chi connectivity index (χ2n) is 6.26. The Kier molecular flexibility index (Phi) is 6.08. The van der Waals surface area contributed by atoms with Crippen LogP contribution < -0.4 is 0 Å². The maximum atomic E-state index is 12.8. The highest BCUT2D eigenvalue weighted by Gasteiger charge is 2.45. The lowest BCUT2D eigenvalue weighted by Crippen LogP contribution is -2.31. The lowest BCUT2D eigenvalue weighted by Gasteiger charge is -2.25. The quantitative estimate of drug-likeness (QED) is 0.327. The molecule has 27 heavy (non-hydrogen) atoms. The molecule has 1 atom stereocenters. The number of hydrogen-bond donors (Lipinski definition) is 1. The zero-order valence-electron chi connectivity index (χ0n) is 14.9. The van der Waals surface area contributed by atoms with Gasteiger partial charge < -0.3 is 14.7 Å². The van der Waals surface area contributed by atoms with E-state index >= 15 is 0 Å². The summed E-state index contributed by atoms with van der Waals surface area (Å²) < 4.78 is 5.91. The van der Waals surface area contributed by atoms with Crippen LogP contribution in [0.4, 0.5) is 0 Å². The van der Waals surface area contributed by atoms with Crippen LogP contribution >= 0.6 is 15.9 Å². The van der Waals surface area contributed by atoms with E-state index in [-0.39, 0.29) is 11.3 Å². The fourth-order valence-electron chi connectivity index (χ4n) is 3.26. The molecule has 0 bridgehead atoms. The molecule has 1 aliphatic heterocycles. The minimum Gasteiger partial charge on any atom is -0.507 e. The van der Waals surface area contributed by atoms with E-state index in [0.29, 0.717) is 25.1 Å². The maximum absolute atomic E-state index is 12.8. The smallest absolute Gasteiger partial charge is 0.295 e. The molecular formula is C21H20BrNO4. The first kappa shape index (κ1) is 19.3. The van der Waals surface area contributed by atoms with Gasteiger partial charge in [-0.2, -0.15) is 0 Å². The molecule has 1 N–H and O–H groups in total. The van der Waals surface area contributed by atoms with E-state index < -0.39 is 17.7 Å². The molecule has 3 rings (SSSR count). The fourth-order valence-corrected chi connectivity index (χ4v) is 3.68. The lowest BCUT2D eigenvalue weighted by molar-refractivity contribution is -0.140. The topological polar surface area (TPSA) is 66.8 Å². The van der Waals surface area contributed by atoms with Crippen molar-refractivity contribution in [2.75, 3.05) is 20.3 Å². The number of hydrogen-bond acceptors (Lipinski definition) is 4. The zero-order valence-corrected chi connectivity index (χ0v) is 16.5. The van der Waals surface area contributed by atoms with E-state index in [0.717, 1.165) is 10.0 Å². The van der Waals surface area contributed by atoms with Crippen molar-refractivity contribution in [3.8, 4) is 0 Å². The highest BCUT2D eigenvalue weighted by molar-refractivity contribution is 9.10. The molecule has 1 unspecified atom stereocenters. The number of methoxy groups -OCH3 is 1. The number of carbonyl (C=O) groups excluding carboxylic acids is 2. The minimum absolute atomic E-state index is 0.113. The van der Waals surface area contributed by atoms with Gasteiger partial charge in [0, 0.05) is 30.3 Å². The molecular weight excluding hydrogens is 410 g/mol. The molecule has 1 amide bonds. The van der Waals surface area contributed by atoms with Gasteiger partial charge >= 0.3 is 0 Å². The third-order valence-electron chi connectivity index (χ3n) is 4.50. The summed E-state index contributed by atoms with van der Waals surface area (Å²) in [6, 6.07) is 15.6. The number of rotatable bonds is 6. The number of benzene rings is 2. The summed E-state index contributed by atoms with van der Waals surface area (Å²) in [5.74, 6) is -1.43. The van der Waals surface area contributed by atoms with Crippen LogP contribution in [0.2, 0.25) is 0 Å². The van der Waals surface area contributed by atoms with Crippen LogP contribution in [-0.2, 0) is 14.3 Å². The van der Waals surface area contributed by atoms with E-state index in [1.165, 1.54) is 4.90 Å². The van der Waals surface area contributed by atoms with Crippen molar-refractivity contribution in [2.24, 2.45) is 0 Å². The molecule has 0 aromatic heterocycles. The Morgan fingerprint density at radius 3 is 2.56 bits per heavy atom. The molecule has 6 heteroatoms. The van der Waals surface area contributed by atoms with E-state index in [4.69, 9.17) is 4.74 Å². The van der Waals surface area contributed by atoms with Gasteiger partial charge in [0.15, 0.2) is 0 Å². The Labute approximate surface area is 166 Å². The van der Waals surface area contributed by atoms with E-state index in [9.17, 15) is 14.7 Å². The Bertz CT molecular complexity index is 879. The van der Waals surface area contributed by atoms with Crippen molar-refractivity contribution in [3.05, 3.63) is 75.8 Å². The molecule has 5 nitrogen and oxygen atoms in total. The summed E-state index contributed by atoms with van der Waals surface area (Å²) in [5, 5.41) is 10.8. The van der Waals surface area contributed by atoms with Crippen LogP contribution in [-0.4, -0.2) is 42.0 Å². The van der Waals surface area contributed by atoms with Crippen molar-refractivity contribution in [2.45, 2.75) is 12.5 Å². The van der Waals surface area contributed by atoms with Crippen LogP contribution in [0.15, 0.2) is 64.6 Å². The third kappa shape index (κ3) is 3.96. The molecule has 1 aliphatic rings. The summed E-state index contributed by atoms with van der Waals surface area (Å²) >= 11 is 3.44. The number of carbonyl (C=O) groups is 2. The largest absolute Gasteiger partial charge is 0.507 e. The van der Waals surface area contributed by atoms with E-state index in [1.807, 2.05) is 30.3 Å². The van der Waals surface area contributed by atoms with Gasteiger partial charge in [-0.25, -0.2) is 0 Å². The number of aliphatic hydroxyl groups excluding tert-OH is 1. The number of likely N-dealkylation sites (tertiary alicyclic amines) is 1. The van der Waals surface area contributed by atoms with Crippen molar-refractivity contribution in [3.63, 3.8) is 0 Å². The van der Waals surface area contributed by atoms with Crippen molar-refractivity contribution < 1.29 is 19.4 Å². The van der Waals surface area contributed by atoms with Gasteiger partial charge in [-0.05, 0) is 24.1 Å². The molecule has 2 aromatic rings. The summed E-state index contributed by atoms with van der Waals surface area (Å²) in [7, 11) is 1.59. The predicted octanol–water partition coefficient (Wildman–Crippen LogP) is 3.91. The van der Waals surface area contributed by atoms with Gasteiger partial charge in [-0.1, -0.05) is 58.4 Å². The predicted molar refractivity (Wildman–Crippen MR) is 106 cm³/mol. The molecule has 0 aliphatic carbocycles. The third-order valence-corrected chi connectivity index (χ3v) is 4.99. The van der Waals surface area contributed by atoms with E-state index in [2.05, 4.69) is 15.9 Å². The van der Waals surface area contributed by atoms with Crippen LogP contribution in [0.25, 0.3) is 5.76 Å². The van der Waals surface area contributed by atoms with Gasteiger partial charge in [0.1, 0.15) is 5.76 Å². The standard InChI is InChI=1S/C21H20BrNO4/c1-27-12-6-11-23-18(15-9-5-10-16(22)13-15)17(20(25)21(23)26)19(24)14-7-3-2-4-8-14/h2-5,7-10,13,18,24H,6,11-12H2,1H3/b19-17-. The Morgan fingerprint density at radius 2 is 1.89 bits per heavy atom. The van der Waals surface area contributed by atoms with E-state index in [1.54, 1.807) is 31.4 Å². The average molecular weight is 430 g/mol. The number of aliphatic hydroxyl groups is 1. The lowest BCUT2D eigenvalue weighted by atomic mass is 9.95. The molecule has 1 heterocycles. The molecule has 2 aromatic carbocycles. The first-order chi connectivity index (χ1) is 13.0. The summed E-state index contributed by atoms with van der Waals surface area (Å²) in [5.41, 5.74) is 1.38. The van der Waals surface area contributed by atoms with Crippen molar-refractivity contribution >= 4 is 33.4 Å². The Morgan fingerprint density at radius 1 is 1.15 bits per heavy atom. The average Bonchev–Trinajstić information content (AvgIpc) is 2.93. The number of ether oxygens (including phenoxy) is 1. The second kappa shape index (κ2) is 8.50. The first-order valence-corrected chi connectivity index (χ1v) is 9.42. The number of amides is 1. The number of nitrogens with zero attached hydrogens (tertiary/aromatic N) is 1. The first-order valence-electron chi connectivity index (χ1n) is 8.63. The van der Waals surface area contributed by atoms with Gasteiger partial charge in [0.05, 0.1) is 11.6 Å². The zero-order chi connectivity index (χ0) is 19.4. The van der Waals surface area contributed by atoms with Gasteiger partial charge in [-0.15, -0.1) is 0 Å². The number of halogens is 1. The molecule has 0 saturated carbocycles. The van der Waals surface area contributed by atoms with Crippen LogP contribution in [0.5, 0.6) is 0 Å². The van der Waals surface area contributed by atoms with Crippen LogP contribution in [0.1, 0.15) is 23.6 Å². The summed E-state index contributed by atoms with van der Waals surface area (Å²) in [6.07, 6.45) is 0.597. The molecule has 1 fully saturated rings. The van der Waals surface area contributed by atoms with Gasteiger partial charge in [-0.3, -0.25) is 9.59 Å². The summed E-state index contributed by atoms with van der Waals surface area (Å²) in [4.78, 5) is 27.0. The minimum atomic E-state index is -0.668. The van der Waals surface area contributed by atoms with Crippen molar-refractivity contribution in [1.29, 1.82) is 0 Å². The Balaban J connectivity index is 2.12. The van der Waals surface area contributed by atoms with Crippen molar-refractivity contribution in [1.82, 2.24) is 4.90 Å².